The van der Waals surface area contributed by atoms with Crippen LogP contribution >= 0.6 is 0 Å². The van der Waals surface area contributed by atoms with E-state index in [1.807, 2.05) is 6.92 Å². The molecule has 1 aromatic rings. The molecule has 2 rings (SSSR count). The first-order chi connectivity index (χ1) is 7.46. The summed E-state index contributed by atoms with van der Waals surface area (Å²) >= 11 is 0. The van der Waals surface area contributed by atoms with Gasteiger partial charge in [0.2, 0.25) is 0 Å². The first-order valence-corrected chi connectivity index (χ1v) is 6.57. The number of aryl methyl sites for hydroxylation is 1. The van der Waals surface area contributed by atoms with Crippen molar-refractivity contribution in [1.82, 2.24) is 4.98 Å². The molecule has 0 bridgehead atoms. The van der Waals surface area contributed by atoms with Gasteiger partial charge in [-0.1, -0.05) is 0 Å². The molecule has 0 radical (unpaired) electrons. The Hall–Kier alpha value is -1.56. The molecule has 0 saturated heterocycles. The van der Waals surface area contributed by atoms with Gasteiger partial charge in [0.25, 0.3) is 0 Å². The van der Waals surface area contributed by atoms with E-state index in [1.165, 1.54) is 5.41 Å². The minimum absolute atomic E-state index is 0.0818. The fourth-order valence-corrected chi connectivity index (χ4v) is 2.82. The summed E-state index contributed by atoms with van der Waals surface area (Å²) in [4.78, 5) is 4.12. The van der Waals surface area contributed by atoms with Gasteiger partial charge in [-0.05, 0) is 24.6 Å². The molecular formula is C10H13N3O2S. The van der Waals surface area contributed by atoms with E-state index in [9.17, 15) is 8.42 Å². The van der Waals surface area contributed by atoms with E-state index in [0.717, 1.165) is 5.56 Å². The molecule has 6 heteroatoms. The highest BCUT2D eigenvalue weighted by atomic mass is 32.2. The second kappa shape index (κ2) is 3.79. The van der Waals surface area contributed by atoms with Crippen molar-refractivity contribution in [2.75, 3.05) is 16.8 Å². The molecule has 3 N–H and O–H groups in total. The third-order valence-electron chi connectivity index (χ3n) is 2.35. The highest BCUT2D eigenvalue weighted by molar-refractivity contribution is 7.94. The molecule has 2 heterocycles. The lowest BCUT2D eigenvalue weighted by atomic mass is 10.2. The minimum Gasteiger partial charge on any atom is -0.397 e. The third kappa shape index (κ3) is 2.33. The van der Waals surface area contributed by atoms with Crippen molar-refractivity contribution in [2.24, 2.45) is 0 Å². The highest BCUT2D eigenvalue weighted by Crippen LogP contribution is 2.18. The standard InChI is InChI=1S/C10H13N3O2S/c1-7-4-8(11)5-12-10(7)13-9-2-3-16(14,15)6-9/h2-5,9H,6,11H2,1H3,(H,12,13). The average molecular weight is 239 g/mol. The minimum atomic E-state index is -3.03. The molecule has 1 aromatic heterocycles. The Morgan fingerprint density at radius 1 is 1.56 bits per heavy atom. The van der Waals surface area contributed by atoms with Crippen molar-refractivity contribution in [1.29, 1.82) is 0 Å². The van der Waals surface area contributed by atoms with Gasteiger partial charge in [0.1, 0.15) is 5.82 Å². The number of sulfone groups is 1. The zero-order valence-electron chi connectivity index (χ0n) is 8.84. The van der Waals surface area contributed by atoms with Gasteiger partial charge >= 0.3 is 0 Å². The SMILES string of the molecule is Cc1cc(N)cnc1NC1C=CS(=O)(=O)C1. The summed E-state index contributed by atoms with van der Waals surface area (Å²) in [5, 5.41) is 4.29. The smallest absolute Gasteiger partial charge is 0.173 e. The summed E-state index contributed by atoms with van der Waals surface area (Å²) in [6.45, 7) is 1.87. The van der Waals surface area contributed by atoms with Crippen LogP contribution in [0.4, 0.5) is 11.5 Å². The van der Waals surface area contributed by atoms with Gasteiger partial charge in [-0.3, -0.25) is 0 Å². The summed E-state index contributed by atoms with van der Waals surface area (Å²) in [5.74, 6) is 0.749. The Labute approximate surface area is 94.3 Å². The molecule has 5 nitrogen and oxygen atoms in total. The summed E-state index contributed by atoms with van der Waals surface area (Å²) in [5.41, 5.74) is 7.07. The van der Waals surface area contributed by atoms with Crippen LogP contribution in [-0.4, -0.2) is 25.2 Å². The maximum absolute atomic E-state index is 11.2. The molecule has 0 fully saturated rings. The average Bonchev–Trinajstić information content (AvgIpc) is 2.51. The van der Waals surface area contributed by atoms with Crippen molar-refractivity contribution in [3.05, 3.63) is 29.3 Å². The fourth-order valence-electron chi connectivity index (χ4n) is 1.59. The molecular weight excluding hydrogens is 226 g/mol. The van der Waals surface area contributed by atoms with Crippen LogP contribution in [0.2, 0.25) is 0 Å². The molecule has 0 saturated carbocycles. The molecule has 0 spiro atoms. The quantitative estimate of drug-likeness (QED) is 0.793. The van der Waals surface area contributed by atoms with Crippen LogP contribution in [0.1, 0.15) is 5.56 Å². The maximum atomic E-state index is 11.2. The fraction of sp³-hybridized carbons (Fsp3) is 0.300. The van der Waals surface area contributed by atoms with E-state index >= 15 is 0 Å². The maximum Gasteiger partial charge on any atom is 0.173 e. The van der Waals surface area contributed by atoms with Gasteiger partial charge in [-0.15, -0.1) is 0 Å². The van der Waals surface area contributed by atoms with Gasteiger partial charge in [0.15, 0.2) is 9.84 Å². The van der Waals surface area contributed by atoms with E-state index in [0.29, 0.717) is 11.5 Å². The summed E-state index contributed by atoms with van der Waals surface area (Å²) in [6.07, 6.45) is 3.18. The second-order valence-electron chi connectivity index (χ2n) is 3.84. The van der Waals surface area contributed by atoms with Gasteiger partial charge in [-0.25, -0.2) is 13.4 Å². The number of aromatic nitrogens is 1. The number of rotatable bonds is 2. The van der Waals surface area contributed by atoms with Gasteiger partial charge in [-0.2, -0.15) is 0 Å². The molecule has 0 aliphatic carbocycles. The molecule has 16 heavy (non-hydrogen) atoms. The number of pyridine rings is 1. The zero-order chi connectivity index (χ0) is 11.8. The highest BCUT2D eigenvalue weighted by Gasteiger charge is 2.21. The first-order valence-electron chi connectivity index (χ1n) is 4.86. The van der Waals surface area contributed by atoms with E-state index < -0.39 is 9.84 Å². The number of nitrogen functional groups attached to an aromatic ring is 1. The Morgan fingerprint density at radius 2 is 2.31 bits per heavy atom. The van der Waals surface area contributed by atoms with Gasteiger partial charge < -0.3 is 11.1 Å². The van der Waals surface area contributed by atoms with E-state index in [1.54, 1.807) is 18.3 Å². The van der Waals surface area contributed by atoms with Crippen LogP contribution in [0, 0.1) is 6.92 Å². The second-order valence-corrected chi connectivity index (χ2v) is 5.77. The summed E-state index contributed by atoms with van der Waals surface area (Å²) < 4.78 is 22.4. The predicted molar refractivity (Wildman–Crippen MR) is 63.7 cm³/mol. The Bertz CT molecular complexity index is 537. The molecule has 86 valence electrons. The van der Waals surface area contributed by atoms with Crippen molar-refractivity contribution in [3.8, 4) is 0 Å². The molecule has 0 aromatic carbocycles. The third-order valence-corrected chi connectivity index (χ3v) is 3.75. The normalized spacial score (nSPS) is 22.2. The molecule has 0 amide bonds. The van der Waals surface area contributed by atoms with Crippen LogP contribution in [-0.2, 0) is 9.84 Å². The van der Waals surface area contributed by atoms with Crippen molar-refractivity contribution >= 4 is 21.3 Å². The summed E-state index contributed by atoms with van der Waals surface area (Å²) in [6, 6.07) is 1.59. The van der Waals surface area contributed by atoms with Crippen LogP contribution < -0.4 is 11.1 Å². The lowest BCUT2D eigenvalue weighted by Crippen LogP contribution is -2.22. The van der Waals surface area contributed by atoms with Gasteiger partial charge in [0, 0.05) is 5.41 Å². The Kier molecular flexibility index (Phi) is 2.59. The molecule has 1 aliphatic rings. The topological polar surface area (TPSA) is 85.1 Å². The summed E-state index contributed by atoms with van der Waals surface area (Å²) in [7, 11) is -3.03. The van der Waals surface area contributed by atoms with E-state index in [-0.39, 0.29) is 11.8 Å². The van der Waals surface area contributed by atoms with E-state index in [4.69, 9.17) is 5.73 Å². The molecule has 1 unspecified atom stereocenters. The van der Waals surface area contributed by atoms with E-state index in [2.05, 4.69) is 10.3 Å². The number of nitrogens with two attached hydrogens (primary N) is 1. The van der Waals surface area contributed by atoms with Crippen LogP contribution in [0.3, 0.4) is 0 Å². The number of hydrogen-bond acceptors (Lipinski definition) is 5. The number of nitrogens with one attached hydrogen (secondary N) is 1. The lowest BCUT2D eigenvalue weighted by molar-refractivity contribution is 0.605. The number of nitrogens with zero attached hydrogens (tertiary/aromatic N) is 1. The van der Waals surface area contributed by atoms with Crippen molar-refractivity contribution < 1.29 is 8.42 Å². The van der Waals surface area contributed by atoms with Gasteiger partial charge in [0.05, 0.1) is 23.7 Å². The number of hydrogen-bond donors (Lipinski definition) is 2. The Morgan fingerprint density at radius 3 is 2.88 bits per heavy atom. The van der Waals surface area contributed by atoms with Crippen molar-refractivity contribution in [2.45, 2.75) is 13.0 Å². The van der Waals surface area contributed by atoms with Crippen molar-refractivity contribution in [3.63, 3.8) is 0 Å². The zero-order valence-corrected chi connectivity index (χ0v) is 9.66. The van der Waals surface area contributed by atoms with Crippen LogP contribution in [0.25, 0.3) is 0 Å². The largest absolute Gasteiger partial charge is 0.397 e. The number of anilines is 2. The predicted octanol–water partition coefficient (Wildman–Crippen LogP) is 0.695. The van der Waals surface area contributed by atoms with Crippen LogP contribution in [0.5, 0.6) is 0 Å². The lowest BCUT2D eigenvalue weighted by Gasteiger charge is -2.12. The first kappa shape index (κ1) is 10.9. The Balaban J connectivity index is 2.14. The van der Waals surface area contributed by atoms with Crippen LogP contribution in [0.15, 0.2) is 23.7 Å². The molecule has 1 aliphatic heterocycles. The molecule has 1 atom stereocenters. The monoisotopic (exact) mass is 239 g/mol.